The molecule has 1 rings (SSSR count). The van der Waals surface area contributed by atoms with Crippen LogP contribution in [0.1, 0.15) is 26.0 Å². The van der Waals surface area contributed by atoms with Gasteiger partial charge in [-0.1, -0.05) is 0 Å². The first kappa shape index (κ1) is 11.4. The Hall–Kier alpha value is -1.63. The third kappa shape index (κ3) is 3.21. The molecule has 0 atom stereocenters. The second kappa shape index (κ2) is 4.26. The first-order valence-corrected chi connectivity index (χ1v) is 4.89. The van der Waals surface area contributed by atoms with Gasteiger partial charge in [0.05, 0.1) is 17.8 Å². The molecule has 1 aromatic heterocycles. The minimum Gasteiger partial charge on any atom is -0.299 e. The van der Waals surface area contributed by atoms with E-state index < -0.39 is 5.41 Å². The van der Waals surface area contributed by atoms with E-state index in [9.17, 15) is 4.79 Å². The average molecular weight is 205 g/mol. The second-order valence-electron chi connectivity index (χ2n) is 4.31. The monoisotopic (exact) mass is 205 g/mol. The van der Waals surface area contributed by atoms with Crippen molar-refractivity contribution in [2.75, 3.05) is 0 Å². The lowest BCUT2D eigenvalue weighted by Gasteiger charge is -2.15. The summed E-state index contributed by atoms with van der Waals surface area (Å²) in [6.45, 7) is 6.04. The van der Waals surface area contributed by atoms with Crippen LogP contribution in [0.15, 0.2) is 17.2 Å². The van der Waals surface area contributed by atoms with Crippen molar-refractivity contribution in [2.24, 2.45) is 5.41 Å². The molecule has 0 saturated carbocycles. The van der Waals surface area contributed by atoms with E-state index in [1.165, 1.54) is 17.0 Å². The predicted octanol–water partition coefficient (Wildman–Crippen LogP) is 1.49. The van der Waals surface area contributed by atoms with Gasteiger partial charge < -0.3 is 0 Å². The van der Waals surface area contributed by atoms with E-state index in [2.05, 4.69) is 11.1 Å². The summed E-state index contributed by atoms with van der Waals surface area (Å²) < 4.78 is 1.53. The molecule has 0 unspecified atom stereocenters. The normalized spacial score (nSPS) is 11.1. The maximum Gasteiger partial charge on any atom is 0.253 e. The lowest BCUT2D eigenvalue weighted by Crippen LogP contribution is -2.23. The molecule has 0 fully saturated rings. The third-order valence-corrected chi connectivity index (χ3v) is 2.30. The zero-order chi connectivity index (χ0) is 11.5. The van der Waals surface area contributed by atoms with Gasteiger partial charge in [0, 0.05) is 18.3 Å². The molecule has 1 aromatic rings. The van der Waals surface area contributed by atoms with Crippen molar-refractivity contribution in [3.05, 3.63) is 28.4 Å². The van der Waals surface area contributed by atoms with Crippen LogP contribution in [-0.2, 0) is 6.54 Å². The van der Waals surface area contributed by atoms with Gasteiger partial charge in [0.1, 0.15) is 0 Å². The Morgan fingerprint density at radius 1 is 1.60 bits per heavy atom. The minimum absolute atomic E-state index is 0.0590. The Bertz CT molecular complexity index is 440. The van der Waals surface area contributed by atoms with Gasteiger partial charge in [0.15, 0.2) is 0 Å². The van der Waals surface area contributed by atoms with Crippen molar-refractivity contribution < 1.29 is 0 Å². The van der Waals surface area contributed by atoms with Crippen LogP contribution in [0, 0.1) is 23.7 Å². The maximum atomic E-state index is 11.5. The van der Waals surface area contributed by atoms with Gasteiger partial charge >= 0.3 is 0 Å². The molecular formula is C11H15N3O. The Morgan fingerprint density at radius 3 is 2.80 bits per heavy atom. The topological polar surface area (TPSA) is 58.7 Å². The molecule has 0 N–H and O–H groups in total. The third-order valence-electron chi connectivity index (χ3n) is 2.30. The molecule has 0 radical (unpaired) electrons. The highest BCUT2D eigenvalue weighted by Gasteiger charge is 2.16. The molecule has 0 saturated heterocycles. The summed E-state index contributed by atoms with van der Waals surface area (Å²) in [6, 6.07) is 3.71. The molecule has 0 aromatic carbocycles. The number of nitrogens with zero attached hydrogens (tertiary/aromatic N) is 3. The predicted molar refractivity (Wildman–Crippen MR) is 57.2 cm³/mol. The summed E-state index contributed by atoms with van der Waals surface area (Å²) in [4.78, 5) is 15.5. The van der Waals surface area contributed by atoms with Gasteiger partial charge in [0.25, 0.3) is 5.56 Å². The van der Waals surface area contributed by atoms with E-state index in [4.69, 9.17) is 5.26 Å². The summed E-state index contributed by atoms with van der Waals surface area (Å²) in [5, 5.41) is 8.83. The number of hydrogen-bond donors (Lipinski definition) is 0. The summed E-state index contributed by atoms with van der Waals surface area (Å²) in [7, 11) is 0. The fourth-order valence-electron chi connectivity index (χ4n) is 1.14. The van der Waals surface area contributed by atoms with Crippen molar-refractivity contribution in [1.29, 1.82) is 5.26 Å². The Morgan fingerprint density at radius 2 is 2.27 bits per heavy atom. The summed E-state index contributed by atoms with van der Waals surface area (Å²) in [5.74, 6) is 0. The molecule has 0 aliphatic carbocycles. The standard InChI is InChI=1S/C11H15N3O/c1-9-6-10(15)14(8-13-9)5-4-11(2,3)7-12/h6,8H,4-5H2,1-3H3. The largest absolute Gasteiger partial charge is 0.299 e. The summed E-state index contributed by atoms with van der Waals surface area (Å²) in [5.41, 5.74) is 0.261. The van der Waals surface area contributed by atoms with Crippen LogP contribution in [-0.4, -0.2) is 9.55 Å². The van der Waals surface area contributed by atoms with E-state index in [0.717, 1.165) is 5.69 Å². The van der Waals surface area contributed by atoms with Crippen LogP contribution in [0.4, 0.5) is 0 Å². The van der Waals surface area contributed by atoms with Gasteiger partial charge in [0.2, 0.25) is 0 Å². The van der Waals surface area contributed by atoms with E-state index >= 15 is 0 Å². The van der Waals surface area contributed by atoms with Crippen LogP contribution in [0.2, 0.25) is 0 Å². The van der Waals surface area contributed by atoms with E-state index in [1.54, 1.807) is 6.92 Å². The summed E-state index contributed by atoms with van der Waals surface area (Å²) in [6.07, 6.45) is 2.18. The molecule has 4 nitrogen and oxygen atoms in total. The lowest BCUT2D eigenvalue weighted by atomic mass is 9.91. The highest BCUT2D eigenvalue weighted by molar-refractivity contribution is 4.97. The molecule has 15 heavy (non-hydrogen) atoms. The highest BCUT2D eigenvalue weighted by Crippen LogP contribution is 2.18. The minimum atomic E-state index is -0.398. The first-order valence-electron chi connectivity index (χ1n) is 4.89. The van der Waals surface area contributed by atoms with Crippen molar-refractivity contribution in [3.63, 3.8) is 0 Å². The van der Waals surface area contributed by atoms with Crippen molar-refractivity contribution in [3.8, 4) is 6.07 Å². The fraction of sp³-hybridized carbons (Fsp3) is 0.545. The van der Waals surface area contributed by atoms with Gasteiger partial charge in [-0.25, -0.2) is 4.98 Å². The van der Waals surface area contributed by atoms with Crippen molar-refractivity contribution in [1.82, 2.24) is 9.55 Å². The zero-order valence-corrected chi connectivity index (χ0v) is 9.32. The lowest BCUT2D eigenvalue weighted by molar-refractivity contribution is 0.407. The molecule has 0 aliphatic rings. The van der Waals surface area contributed by atoms with Crippen molar-refractivity contribution >= 4 is 0 Å². The van der Waals surface area contributed by atoms with E-state index in [1.807, 2.05) is 13.8 Å². The number of rotatable bonds is 3. The Balaban J connectivity index is 2.76. The molecule has 0 aliphatic heterocycles. The smallest absolute Gasteiger partial charge is 0.253 e. The molecule has 1 heterocycles. The fourth-order valence-corrected chi connectivity index (χ4v) is 1.14. The molecular weight excluding hydrogens is 190 g/mol. The molecule has 0 amide bonds. The number of aromatic nitrogens is 2. The van der Waals surface area contributed by atoms with Gasteiger partial charge in [-0.2, -0.15) is 5.26 Å². The SMILES string of the molecule is Cc1cc(=O)n(CCC(C)(C)C#N)cn1. The second-order valence-corrected chi connectivity index (χ2v) is 4.31. The number of hydrogen-bond acceptors (Lipinski definition) is 3. The first-order chi connectivity index (χ1) is 6.94. The van der Waals surface area contributed by atoms with Gasteiger partial charge in [-0.15, -0.1) is 0 Å². The van der Waals surface area contributed by atoms with E-state index in [0.29, 0.717) is 13.0 Å². The highest BCUT2D eigenvalue weighted by atomic mass is 16.1. The Kier molecular flexibility index (Phi) is 3.25. The van der Waals surface area contributed by atoms with Gasteiger partial charge in [-0.3, -0.25) is 9.36 Å². The number of aryl methyl sites for hydroxylation is 2. The maximum absolute atomic E-state index is 11.5. The van der Waals surface area contributed by atoms with Crippen LogP contribution in [0.25, 0.3) is 0 Å². The van der Waals surface area contributed by atoms with Crippen LogP contribution in [0.3, 0.4) is 0 Å². The molecule has 80 valence electrons. The molecule has 0 bridgehead atoms. The average Bonchev–Trinajstić information content (AvgIpc) is 2.16. The van der Waals surface area contributed by atoms with Crippen LogP contribution in [0.5, 0.6) is 0 Å². The zero-order valence-electron chi connectivity index (χ0n) is 9.32. The number of nitriles is 1. The van der Waals surface area contributed by atoms with Crippen LogP contribution >= 0.6 is 0 Å². The Labute approximate surface area is 89.2 Å². The molecule has 4 heteroatoms. The van der Waals surface area contributed by atoms with Gasteiger partial charge in [-0.05, 0) is 27.2 Å². The quantitative estimate of drug-likeness (QED) is 0.751. The summed E-state index contributed by atoms with van der Waals surface area (Å²) >= 11 is 0. The van der Waals surface area contributed by atoms with E-state index in [-0.39, 0.29) is 5.56 Å². The van der Waals surface area contributed by atoms with Crippen molar-refractivity contribution in [2.45, 2.75) is 33.7 Å². The molecule has 0 spiro atoms. The van der Waals surface area contributed by atoms with Crippen LogP contribution < -0.4 is 5.56 Å².